The van der Waals surface area contributed by atoms with Crippen LogP contribution in [0.25, 0.3) is 33.7 Å². The lowest BCUT2D eigenvalue weighted by Crippen LogP contribution is -2.23. The maximum absolute atomic E-state index is 12.8. The number of fused-ring (bicyclic) bond motifs is 1. The normalized spacial score (nSPS) is 12.0. The van der Waals surface area contributed by atoms with Gasteiger partial charge in [-0.2, -0.15) is 9.50 Å². The van der Waals surface area contributed by atoms with Crippen LogP contribution in [0.2, 0.25) is 0 Å². The smallest absolute Gasteiger partial charge is 0.291 e. The van der Waals surface area contributed by atoms with Crippen molar-refractivity contribution in [1.82, 2.24) is 14.6 Å². The second-order valence-electron chi connectivity index (χ2n) is 6.84. The van der Waals surface area contributed by atoms with Crippen LogP contribution in [0.3, 0.4) is 0 Å². The zero-order valence-electron chi connectivity index (χ0n) is 16.2. The molecule has 0 fully saturated rings. The van der Waals surface area contributed by atoms with Gasteiger partial charge in [0.25, 0.3) is 11.2 Å². The van der Waals surface area contributed by atoms with Crippen LogP contribution in [-0.4, -0.2) is 19.5 Å². The summed E-state index contributed by atoms with van der Waals surface area (Å²) in [6.07, 6.45) is 1.59. The molecule has 152 valence electrons. The first-order valence-corrected chi connectivity index (χ1v) is 10.1. The summed E-state index contributed by atoms with van der Waals surface area (Å²) < 4.78 is 7.45. The molecule has 2 aromatic carbocycles. The fourth-order valence-electron chi connectivity index (χ4n) is 3.32. The quantitative estimate of drug-likeness (QED) is 0.317. The summed E-state index contributed by atoms with van der Waals surface area (Å²) >= 11 is 1.21. The van der Waals surface area contributed by atoms with Gasteiger partial charge in [0.2, 0.25) is 4.96 Å². The third-order valence-corrected chi connectivity index (χ3v) is 5.79. The third-order valence-electron chi connectivity index (χ3n) is 4.83. The fourth-order valence-corrected chi connectivity index (χ4v) is 4.21. The zero-order valence-corrected chi connectivity index (χ0v) is 17.0. The Hall–Kier alpha value is -4.11. The minimum atomic E-state index is -0.455. The molecule has 0 aliphatic carbocycles. The number of rotatable bonds is 4. The molecule has 0 N–H and O–H groups in total. The summed E-state index contributed by atoms with van der Waals surface area (Å²) in [5, 5.41) is 15.6. The Morgan fingerprint density at radius 2 is 1.81 bits per heavy atom. The Morgan fingerprint density at radius 3 is 2.55 bits per heavy atom. The largest absolute Gasteiger partial charge is 0.456 e. The minimum Gasteiger partial charge on any atom is -0.456 e. The van der Waals surface area contributed by atoms with Crippen LogP contribution in [0.15, 0.2) is 69.9 Å². The van der Waals surface area contributed by atoms with Gasteiger partial charge < -0.3 is 4.42 Å². The van der Waals surface area contributed by atoms with E-state index in [0.717, 1.165) is 11.1 Å². The van der Waals surface area contributed by atoms with Crippen molar-refractivity contribution < 1.29 is 9.34 Å². The van der Waals surface area contributed by atoms with Gasteiger partial charge in [0.15, 0.2) is 5.82 Å². The molecule has 8 nitrogen and oxygen atoms in total. The van der Waals surface area contributed by atoms with Gasteiger partial charge in [-0.05, 0) is 30.7 Å². The van der Waals surface area contributed by atoms with E-state index in [1.54, 1.807) is 36.4 Å². The van der Waals surface area contributed by atoms with Gasteiger partial charge in [-0.1, -0.05) is 47.7 Å². The number of furan rings is 1. The second kappa shape index (κ2) is 7.29. The molecular weight excluding hydrogens is 416 g/mol. The van der Waals surface area contributed by atoms with E-state index in [0.29, 0.717) is 32.4 Å². The van der Waals surface area contributed by atoms with Crippen molar-refractivity contribution in [3.63, 3.8) is 0 Å². The number of nitro benzene ring substituents is 1. The maximum atomic E-state index is 12.8. The summed E-state index contributed by atoms with van der Waals surface area (Å²) in [5.41, 5.74) is 1.94. The predicted octanol–water partition coefficient (Wildman–Crippen LogP) is 3.84. The molecule has 0 atom stereocenters. The van der Waals surface area contributed by atoms with Crippen molar-refractivity contribution in [2.45, 2.75) is 6.92 Å². The monoisotopic (exact) mass is 430 g/mol. The molecule has 0 radical (unpaired) electrons. The lowest BCUT2D eigenvalue weighted by atomic mass is 10.1. The van der Waals surface area contributed by atoms with Crippen molar-refractivity contribution in [2.75, 3.05) is 0 Å². The first-order valence-electron chi connectivity index (χ1n) is 9.32. The van der Waals surface area contributed by atoms with Gasteiger partial charge in [-0.25, -0.2) is 0 Å². The summed E-state index contributed by atoms with van der Waals surface area (Å²) in [4.78, 5) is 28.6. The van der Waals surface area contributed by atoms with E-state index in [4.69, 9.17) is 4.42 Å². The predicted molar refractivity (Wildman–Crippen MR) is 117 cm³/mol. The van der Waals surface area contributed by atoms with Crippen molar-refractivity contribution in [3.05, 3.63) is 97.0 Å². The molecule has 9 heteroatoms. The molecule has 0 spiro atoms. The van der Waals surface area contributed by atoms with Crippen LogP contribution in [0.5, 0.6) is 0 Å². The van der Waals surface area contributed by atoms with E-state index in [9.17, 15) is 14.9 Å². The van der Waals surface area contributed by atoms with Crippen LogP contribution in [0.4, 0.5) is 5.69 Å². The Bertz CT molecular complexity index is 1560. The van der Waals surface area contributed by atoms with Gasteiger partial charge in [0, 0.05) is 17.7 Å². The Balaban J connectivity index is 1.54. The SMILES string of the molecule is Cc1ccccc1-c1nc2sc(=Cc3ccc(-c4ccccc4[N+](=O)[O-])o3)c(=O)n2n1. The van der Waals surface area contributed by atoms with E-state index >= 15 is 0 Å². The van der Waals surface area contributed by atoms with Gasteiger partial charge in [-0.3, -0.25) is 14.9 Å². The molecule has 0 bridgehead atoms. The summed E-state index contributed by atoms with van der Waals surface area (Å²) in [6, 6.07) is 17.4. The molecule has 0 amide bonds. The number of para-hydroxylation sites is 1. The number of aromatic nitrogens is 3. The molecule has 0 aliphatic heterocycles. The topological polar surface area (TPSA) is 104 Å². The van der Waals surface area contributed by atoms with Gasteiger partial charge in [0.1, 0.15) is 16.1 Å². The molecule has 0 unspecified atom stereocenters. The first-order chi connectivity index (χ1) is 15.0. The van der Waals surface area contributed by atoms with Gasteiger partial charge >= 0.3 is 0 Å². The van der Waals surface area contributed by atoms with Crippen LogP contribution in [0.1, 0.15) is 11.3 Å². The Labute approximate surface area is 178 Å². The first kappa shape index (κ1) is 18.9. The molecule has 5 aromatic rings. The summed E-state index contributed by atoms with van der Waals surface area (Å²) in [6.45, 7) is 1.97. The number of hydrogen-bond donors (Lipinski definition) is 0. The average molecular weight is 430 g/mol. The average Bonchev–Trinajstić information content (AvgIpc) is 3.46. The number of nitrogens with zero attached hydrogens (tertiary/aromatic N) is 4. The number of thiazole rings is 1. The van der Waals surface area contributed by atoms with Gasteiger partial charge in [-0.15, -0.1) is 5.10 Å². The molecule has 5 rings (SSSR count). The highest BCUT2D eigenvalue weighted by atomic mass is 32.1. The molecule has 0 aliphatic rings. The number of nitro groups is 1. The Morgan fingerprint density at radius 1 is 1.06 bits per heavy atom. The van der Waals surface area contributed by atoms with E-state index in [-0.39, 0.29) is 11.2 Å². The van der Waals surface area contributed by atoms with Gasteiger partial charge in [0.05, 0.1) is 10.5 Å². The molecule has 0 saturated carbocycles. The Kier molecular flexibility index (Phi) is 4.45. The van der Waals surface area contributed by atoms with Crippen LogP contribution >= 0.6 is 11.3 Å². The summed E-state index contributed by atoms with van der Waals surface area (Å²) in [7, 11) is 0. The van der Waals surface area contributed by atoms with Crippen molar-refractivity contribution in [1.29, 1.82) is 0 Å². The lowest BCUT2D eigenvalue weighted by Gasteiger charge is -1.98. The highest BCUT2D eigenvalue weighted by Gasteiger charge is 2.17. The van der Waals surface area contributed by atoms with Crippen molar-refractivity contribution in [2.24, 2.45) is 0 Å². The van der Waals surface area contributed by atoms with E-state index in [1.165, 1.54) is 21.9 Å². The number of hydrogen-bond acceptors (Lipinski definition) is 7. The summed E-state index contributed by atoms with van der Waals surface area (Å²) in [5.74, 6) is 1.27. The van der Waals surface area contributed by atoms with Crippen LogP contribution < -0.4 is 10.1 Å². The fraction of sp³-hybridized carbons (Fsp3) is 0.0455. The molecule has 3 heterocycles. The molecule has 3 aromatic heterocycles. The van der Waals surface area contributed by atoms with Crippen LogP contribution in [0, 0.1) is 17.0 Å². The standard InChI is InChI=1S/C22H14N4O4S/c1-13-6-2-3-7-15(13)20-23-22-25(24-20)21(27)19(31-22)12-14-10-11-18(30-14)16-8-4-5-9-17(16)26(28)29/h2-12H,1H3. The molecule has 31 heavy (non-hydrogen) atoms. The highest BCUT2D eigenvalue weighted by molar-refractivity contribution is 7.15. The second-order valence-corrected chi connectivity index (χ2v) is 7.85. The molecule has 0 saturated heterocycles. The third kappa shape index (κ3) is 3.30. The van der Waals surface area contributed by atoms with E-state index in [2.05, 4.69) is 10.1 Å². The minimum absolute atomic E-state index is 0.0459. The molecular formula is C22H14N4O4S. The van der Waals surface area contributed by atoms with Crippen LogP contribution in [-0.2, 0) is 0 Å². The maximum Gasteiger partial charge on any atom is 0.291 e. The lowest BCUT2D eigenvalue weighted by molar-refractivity contribution is -0.384. The van der Waals surface area contributed by atoms with Crippen molar-refractivity contribution >= 4 is 28.1 Å². The van der Waals surface area contributed by atoms with E-state index < -0.39 is 4.92 Å². The highest BCUT2D eigenvalue weighted by Crippen LogP contribution is 2.31. The van der Waals surface area contributed by atoms with E-state index in [1.807, 2.05) is 31.2 Å². The van der Waals surface area contributed by atoms with Crippen molar-refractivity contribution in [3.8, 4) is 22.7 Å². The zero-order chi connectivity index (χ0) is 21.5. The number of benzene rings is 2. The number of aryl methyl sites for hydroxylation is 1.